The van der Waals surface area contributed by atoms with Crippen LogP contribution in [0.3, 0.4) is 0 Å². The Hall–Kier alpha value is -3.46. The van der Waals surface area contributed by atoms with Crippen molar-refractivity contribution in [1.82, 2.24) is 5.32 Å². The summed E-state index contributed by atoms with van der Waals surface area (Å²) in [5.74, 6) is 0.731. The average molecular weight is 351 g/mol. The van der Waals surface area contributed by atoms with Crippen molar-refractivity contribution in [3.63, 3.8) is 0 Å². The van der Waals surface area contributed by atoms with E-state index in [1.165, 1.54) is 6.20 Å². The van der Waals surface area contributed by atoms with E-state index in [1.54, 1.807) is 32.4 Å². The third-order valence-electron chi connectivity index (χ3n) is 3.67. The van der Waals surface area contributed by atoms with Crippen LogP contribution in [0, 0.1) is 11.3 Å². The van der Waals surface area contributed by atoms with E-state index >= 15 is 0 Å². The highest BCUT2D eigenvalue weighted by Gasteiger charge is 2.09. The number of ether oxygens (including phenoxy) is 2. The zero-order valence-electron chi connectivity index (χ0n) is 14.8. The summed E-state index contributed by atoms with van der Waals surface area (Å²) in [5, 5.41) is 14.9. The Morgan fingerprint density at radius 2 is 1.85 bits per heavy atom. The zero-order valence-corrected chi connectivity index (χ0v) is 14.8. The van der Waals surface area contributed by atoms with Crippen LogP contribution in [0.2, 0.25) is 0 Å². The lowest BCUT2D eigenvalue weighted by molar-refractivity contribution is -0.117. The lowest BCUT2D eigenvalue weighted by atomic mass is 10.1. The fraction of sp³-hybridized carbons (Fsp3) is 0.200. The molecule has 0 aromatic heterocycles. The minimum Gasteiger partial charge on any atom is -0.493 e. The van der Waals surface area contributed by atoms with Gasteiger partial charge in [0.05, 0.1) is 14.2 Å². The van der Waals surface area contributed by atoms with Gasteiger partial charge in [0, 0.05) is 24.5 Å². The van der Waals surface area contributed by atoms with Crippen LogP contribution in [0.25, 0.3) is 0 Å². The molecule has 0 saturated heterocycles. The van der Waals surface area contributed by atoms with Gasteiger partial charge in [-0.05, 0) is 24.1 Å². The number of hydrogen-bond acceptors (Lipinski definition) is 5. The second kappa shape index (κ2) is 9.74. The van der Waals surface area contributed by atoms with Crippen molar-refractivity contribution in [3.8, 4) is 17.6 Å². The first kappa shape index (κ1) is 18.9. The summed E-state index contributed by atoms with van der Waals surface area (Å²) in [6.07, 6.45) is 2.08. The topological polar surface area (TPSA) is 83.4 Å². The smallest absolute Gasteiger partial charge is 0.263 e. The molecule has 0 fully saturated rings. The van der Waals surface area contributed by atoms with E-state index in [0.717, 1.165) is 5.56 Å². The molecule has 0 aliphatic carbocycles. The summed E-state index contributed by atoms with van der Waals surface area (Å²) in [6, 6.07) is 16.9. The SMILES string of the molecule is COc1ccc(N/C=C(/C#N)C(=O)NCCc2ccccc2)cc1OC. The van der Waals surface area contributed by atoms with Crippen LogP contribution >= 0.6 is 0 Å². The van der Waals surface area contributed by atoms with Gasteiger partial charge in [-0.15, -0.1) is 0 Å². The van der Waals surface area contributed by atoms with Crippen molar-refractivity contribution < 1.29 is 14.3 Å². The molecule has 0 unspecified atom stereocenters. The molecule has 0 heterocycles. The van der Waals surface area contributed by atoms with Gasteiger partial charge in [0.25, 0.3) is 5.91 Å². The molecule has 6 heteroatoms. The van der Waals surface area contributed by atoms with Gasteiger partial charge in [-0.1, -0.05) is 30.3 Å². The number of rotatable bonds is 8. The van der Waals surface area contributed by atoms with E-state index in [-0.39, 0.29) is 5.57 Å². The van der Waals surface area contributed by atoms with Crippen molar-refractivity contribution >= 4 is 11.6 Å². The lowest BCUT2D eigenvalue weighted by Gasteiger charge is -2.09. The monoisotopic (exact) mass is 351 g/mol. The molecule has 2 aromatic rings. The summed E-state index contributed by atoms with van der Waals surface area (Å²) in [4.78, 5) is 12.1. The fourth-order valence-electron chi connectivity index (χ4n) is 2.29. The molecule has 0 spiro atoms. The van der Waals surface area contributed by atoms with Crippen molar-refractivity contribution in [2.24, 2.45) is 0 Å². The van der Waals surface area contributed by atoms with Crippen LogP contribution < -0.4 is 20.1 Å². The van der Waals surface area contributed by atoms with Gasteiger partial charge in [0.15, 0.2) is 11.5 Å². The van der Waals surface area contributed by atoms with Gasteiger partial charge in [-0.2, -0.15) is 5.26 Å². The van der Waals surface area contributed by atoms with Crippen LogP contribution in [0.5, 0.6) is 11.5 Å². The maximum absolute atomic E-state index is 12.1. The van der Waals surface area contributed by atoms with Gasteiger partial charge >= 0.3 is 0 Å². The Morgan fingerprint density at radius 1 is 1.12 bits per heavy atom. The molecule has 2 rings (SSSR count). The first-order valence-electron chi connectivity index (χ1n) is 8.09. The molecule has 0 atom stereocenters. The highest BCUT2D eigenvalue weighted by Crippen LogP contribution is 2.29. The molecular formula is C20H21N3O3. The third-order valence-corrected chi connectivity index (χ3v) is 3.67. The minimum absolute atomic E-state index is 0.00662. The van der Waals surface area contributed by atoms with E-state index < -0.39 is 5.91 Å². The second-order valence-corrected chi connectivity index (χ2v) is 5.38. The van der Waals surface area contributed by atoms with Crippen LogP contribution in [-0.4, -0.2) is 26.7 Å². The van der Waals surface area contributed by atoms with Crippen LogP contribution in [-0.2, 0) is 11.2 Å². The lowest BCUT2D eigenvalue weighted by Crippen LogP contribution is -2.27. The number of benzene rings is 2. The van der Waals surface area contributed by atoms with Gasteiger partial charge in [0.1, 0.15) is 11.6 Å². The van der Waals surface area contributed by atoms with Crippen molar-refractivity contribution in [2.45, 2.75) is 6.42 Å². The molecule has 2 aromatic carbocycles. The van der Waals surface area contributed by atoms with Gasteiger partial charge in [-0.25, -0.2) is 0 Å². The van der Waals surface area contributed by atoms with E-state index in [9.17, 15) is 10.1 Å². The quantitative estimate of drug-likeness (QED) is 0.564. The summed E-state index contributed by atoms with van der Waals surface area (Å²) in [6.45, 7) is 0.457. The second-order valence-electron chi connectivity index (χ2n) is 5.38. The Balaban J connectivity index is 1.94. The van der Waals surface area contributed by atoms with Crippen LogP contribution in [0.15, 0.2) is 60.3 Å². The first-order valence-corrected chi connectivity index (χ1v) is 8.09. The largest absolute Gasteiger partial charge is 0.493 e. The number of carbonyl (C=O) groups is 1. The predicted octanol–water partition coefficient (Wildman–Crippen LogP) is 2.88. The van der Waals surface area contributed by atoms with Crippen molar-refractivity contribution in [2.75, 3.05) is 26.1 Å². The predicted molar refractivity (Wildman–Crippen MR) is 100 cm³/mol. The van der Waals surface area contributed by atoms with Gasteiger partial charge < -0.3 is 20.1 Å². The number of anilines is 1. The van der Waals surface area contributed by atoms with E-state index in [4.69, 9.17) is 9.47 Å². The average Bonchev–Trinajstić information content (AvgIpc) is 2.69. The Bertz CT molecular complexity index is 811. The number of nitrogens with zero attached hydrogens (tertiary/aromatic N) is 1. The van der Waals surface area contributed by atoms with E-state index in [0.29, 0.717) is 30.2 Å². The molecule has 0 aliphatic heterocycles. The van der Waals surface area contributed by atoms with Gasteiger partial charge in [-0.3, -0.25) is 4.79 Å². The Labute approximate surface area is 153 Å². The van der Waals surface area contributed by atoms with Crippen LogP contribution in [0.1, 0.15) is 5.56 Å². The molecule has 6 nitrogen and oxygen atoms in total. The number of amides is 1. The molecule has 0 aliphatic rings. The molecule has 2 N–H and O–H groups in total. The van der Waals surface area contributed by atoms with Crippen molar-refractivity contribution in [3.05, 3.63) is 65.9 Å². The third kappa shape index (κ3) is 5.28. The number of carbonyl (C=O) groups excluding carboxylic acids is 1. The zero-order chi connectivity index (χ0) is 18.8. The Kier molecular flexibility index (Phi) is 7.07. The number of nitrogens with one attached hydrogen (secondary N) is 2. The first-order chi connectivity index (χ1) is 12.7. The molecule has 0 saturated carbocycles. The maximum Gasteiger partial charge on any atom is 0.263 e. The summed E-state index contributed by atoms with van der Waals surface area (Å²) in [7, 11) is 3.09. The van der Waals surface area contributed by atoms with E-state index in [1.807, 2.05) is 36.4 Å². The van der Waals surface area contributed by atoms with E-state index in [2.05, 4.69) is 10.6 Å². The van der Waals surface area contributed by atoms with Crippen molar-refractivity contribution in [1.29, 1.82) is 5.26 Å². The summed E-state index contributed by atoms with van der Waals surface area (Å²) >= 11 is 0. The normalized spacial score (nSPS) is 10.6. The molecule has 26 heavy (non-hydrogen) atoms. The molecule has 134 valence electrons. The molecular weight excluding hydrogens is 330 g/mol. The highest BCUT2D eigenvalue weighted by atomic mass is 16.5. The standard InChI is InChI=1S/C20H21N3O3/c1-25-18-9-8-17(12-19(18)26-2)23-14-16(13-21)20(24)22-11-10-15-6-4-3-5-7-15/h3-9,12,14,23H,10-11H2,1-2H3,(H,22,24)/b16-14-. The molecule has 1 amide bonds. The van der Waals surface area contributed by atoms with Gasteiger partial charge in [0.2, 0.25) is 0 Å². The molecule has 0 bridgehead atoms. The summed E-state index contributed by atoms with van der Waals surface area (Å²) < 4.78 is 10.4. The maximum atomic E-state index is 12.1. The molecule has 0 radical (unpaired) electrons. The summed E-state index contributed by atoms with van der Waals surface area (Å²) in [5.41, 5.74) is 1.79. The van der Waals surface area contributed by atoms with Crippen LogP contribution in [0.4, 0.5) is 5.69 Å². The number of methoxy groups -OCH3 is 2. The number of nitriles is 1. The number of hydrogen-bond donors (Lipinski definition) is 2. The Morgan fingerprint density at radius 3 is 2.50 bits per heavy atom. The fourth-order valence-corrected chi connectivity index (χ4v) is 2.29. The highest BCUT2D eigenvalue weighted by molar-refractivity contribution is 5.97. The minimum atomic E-state index is -0.420.